The van der Waals surface area contributed by atoms with Gasteiger partial charge in [-0.25, -0.2) is 0 Å². The summed E-state index contributed by atoms with van der Waals surface area (Å²) in [5.41, 5.74) is 2.89. The lowest BCUT2D eigenvalue weighted by Crippen LogP contribution is -2.14. The standard InChI is InChI=1S/C16H20N2O/c1-18-14-6-5-13-12(14)3-2-4-15(13)19-11-16(7-8-16)9-10-17/h2-4,14,18H,5-9,11H2,1H3. The van der Waals surface area contributed by atoms with E-state index in [9.17, 15) is 0 Å². The van der Waals surface area contributed by atoms with Crippen LogP contribution in [0.1, 0.15) is 42.9 Å². The minimum absolute atomic E-state index is 0.151. The lowest BCUT2D eigenvalue weighted by molar-refractivity contribution is 0.235. The van der Waals surface area contributed by atoms with E-state index in [0.717, 1.165) is 31.4 Å². The highest BCUT2D eigenvalue weighted by Gasteiger charge is 2.43. The van der Waals surface area contributed by atoms with Crippen molar-refractivity contribution in [1.29, 1.82) is 5.26 Å². The molecule has 0 heterocycles. The summed E-state index contributed by atoms with van der Waals surface area (Å²) in [7, 11) is 2.01. The van der Waals surface area contributed by atoms with Gasteiger partial charge in [-0.2, -0.15) is 5.26 Å². The zero-order valence-corrected chi connectivity index (χ0v) is 11.4. The number of hydrogen-bond acceptors (Lipinski definition) is 3. The third kappa shape index (κ3) is 2.33. The van der Waals surface area contributed by atoms with E-state index in [4.69, 9.17) is 10.00 Å². The molecule has 1 N–H and O–H groups in total. The Bertz CT molecular complexity index is 514. The minimum atomic E-state index is 0.151. The largest absolute Gasteiger partial charge is 0.493 e. The number of ether oxygens (including phenoxy) is 1. The van der Waals surface area contributed by atoms with Crippen LogP contribution in [0.15, 0.2) is 18.2 Å². The summed E-state index contributed by atoms with van der Waals surface area (Å²) in [6, 6.07) is 9.09. The molecule has 3 nitrogen and oxygen atoms in total. The van der Waals surface area contributed by atoms with Gasteiger partial charge in [-0.05, 0) is 49.9 Å². The highest BCUT2D eigenvalue weighted by Crippen LogP contribution is 2.49. The molecule has 1 unspecified atom stereocenters. The van der Waals surface area contributed by atoms with Gasteiger partial charge in [0.05, 0.1) is 12.7 Å². The van der Waals surface area contributed by atoms with E-state index in [2.05, 4.69) is 29.6 Å². The lowest BCUT2D eigenvalue weighted by atomic mass is 10.0. The van der Waals surface area contributed by atoms with Crippen LogP contribution < -0.4 is 10.1 Å². The number of benzene rings is 1. The molecule has 3 heteroatoms. The molecule has 100 valence electrons. The highest BCUT2D eigenvalue weighted by atomic mass is 16.5. The molecule has 0 aromatic heterocycles. The first-order valence-corrected chi connectivity index (χ1v) is 7.07. The van der Waals surface area contributed by atoms with E-state index in [1.54, 1.807) is 0 Å². The molecule has 0 spiro atoms. The van der Waals surface area contributed by atoms with Gasteiger partial charge in [0.25, 0.3) is 0 Å². The number of nitrogens with one attached hydrogen (secondary N) is 1. The zero-order chi connectivity index (χ0) is 13.3. The van der Waals surface area contributed by atoms with Crippen LogP contribution >= 0.6 is 0 Å². The van der Waals surface area contributed by atoms with E-state index in [1.807, 2.05) is 7.05 Å². The van der Waals surface area contributed by atoms with Crippen LogP contribution in [0.4, 0.5) is 0 Å². The number of nitriles is 1. The van der Waals surface area contributed by atoms with E-state index in [-0.39, 0.29) is 5.41 Å². The average molecular weight is 256 g/mol. The van der Waals surface area contributed by atoms with E-state index >= 15 is 0 Å². The van der Waals surface area contributed by atoms with Gasteiger partial charge in [0.15, 0.2) is 0 Å². The van der Waals surface area contributed by atoms with E-state index in [0.29, 0.717) is 19.1 Å². The molecule has 19 heavy (non-hydrogen) atoms. The van der Waals surface area contributed by atoms with Crippen LogP contribution in [0.25, 0.3) is 0 Å². The van der Waals surface area contributed by atoms with Gasteiger partial charge in [0.2, 0.25) is 0 Å². The Morgan fingerprint density at radius 2 is 2.32 bits per heavy atom. The normalized spacial score (nSPS) is 22.6. The summed E-state index contributed by atoms with van der Waals surface area (Å²) >= 11 is 0. The molecule has 2 aliphatic rings. The molecule has 3 rings (SSSR count). The predicted molar refractivity (Wildman–Crippen MR) is 74.0 cm³/mol. The van der Waals surface area contributed by atoms with Gasteiger partial charge in [-0.15, -0.1) is 0 Å². The quantitative estimate of drug-likeness (QED) is 0.881. The highest BCUT2D eigenvalue weighted by molar-refractivity contribution is 5.45. The summed E-state index contributed by atoms with van der Waals surface area (Å²) in [5.74, 6) is 1.03. The van der Waals surface area contributed by atoms with Crippen LogP contribution in [-0.4, -0.2) is 13.7 Å². The fourth-order valence-corrected chi connectivity index (χ4v) is 3.00. The van der Waals surface area contributed by atoms with Crippen molar-refractivity contribution in [2.75, 3.05) is 13.7 Å². The minimum Gasteiger partial charge on any atom is -0.493 e. The Balaban J connectivity index is 1.73. The number of fused-ring (bicyclic) bond motifs is 1. The van der Waals surface area contributed by atoms with Gasteiger partial charge in [0, 0.05) is 17.9 Å². The zero-order valence-electron chi connectivity index (χ0n) is 11.4. The Hall–Kier alpha value is -1.53. The first kappa shape index (κ1) is 12.5. The summed E-state index contributed by atoms with van der Waals surface area (Å²) in [5, 5.41) is 12.2. The molecule has 1 aromatic carbocycles. The van der Waals surface area contributed by atoms with Gasteiger partial charge in [0.1, 0.15) is 5.75 Å². The van der Waals surface area contributed by atoms with Crippen LogP contribution in [0, 0.1) is 16.7 Å². The topological polar surface area (TPSA) is 45.0 Å². The number of rotatable bonds is 5. The van der Waals surface area contributed by atoms with Crippen molar-refractivity contribution in [2.24, 2.45) is 5.41 Å². The summed E-state index contributed by atoms with van der Waals surface area (Å²) < 4.78 is 6.04. The SMILES string of the molecule is CNC1CCc2c(OCC3(CC#N)CC3)cccc21. The molecule has 2 aliphatic carbocycles. The van der Waals surface area contributed by atoms with Gasteiger partial charge in [-0.1, -0.05) is 12.1 Å². The molecule has 0 aliphatic heterocycles. The second-order valence-corrected chi connectivity index (χ2v) is 5.83. The second kappa shape index (κ2) is 4.86. The maximum absolute atomic E-state index is 8.85. The van der Waals surface area contributed by atoms with Crippen molar-refractivity contribution in [3.05, 3.63) is 29.3 Å². The summed E-state index contributed by atoms with van der Waals surface area (Å²) in [4.78, 5) is 0. The molecule has 1 aromatic rings. The fourth-order valence-electron chi connectivity index (χ4n) is 3.00. The van der Waals surface area contributed by atoms with Crippen molar-refractivity contribution in [1.82, 2.24) is 5.32 Å². The molecular weight excluding hydrogens is 236 g/mol. The van der Waals surface area contributed by atoms with E-state index in [1.165, 1.54) is 11.1 Å². The van der Waals surface area contributed by atoms with Crippen molar-refractivity contribution in [2.45, 2.75) is 38.1 Å². The molecule has 0 amide bonds. The van der Waals surface area contributed by atoms with Gasteiger partial charge < -0.3 is 10.1 Å². The Morgan fingerprint density at radius 1 is 1.47 bits per heavy atom. The van der Waals surface area contributed by atoms with Crippen LogP contribution in [0.2, 0.25) is 0 Å². The lowest BCUT2D eigenvalue weighted by Gasteiger charge is -2.16. The predicted octanol–water partition coefficient (Wildman–Crippen LogP) is 2.97. The molecular formula is C16H20N2O. The molecule has 1 saturated carbocycles. The maximum Gasteiger partial charge on any atom is 0.122 e. The Kier molecular flexibility index (Phi) is 3.20. The maximum atomic E-state index is 8.85. The summed E-state index contributed by atoms with van der Waals surface area (Å²) in [6.45, 7) is 0.696. The van der Waals surface area contributed by atoms with Crippen molar-refractivity contribution >= 4 is 0 Å². The van der Waals surface area contributed by atoms with Gasteiger partial charge >= 0.3 is 0 Å². The average Bonchev–Trinajstić information content (AvgIpc) is 3.06. The van der Waals surface area contributed by atoms with Crippen molar-refractivity contribution < 1.29 is 4.74 Å². The summed E-state index contributed by atoms with van der Waals surface area (Å²) in [6.07, 6.45) is 5.13. The molecule has 0 bridgehead atoms. The monoisotopic (exact) mass is 256 g/mol. The molecule has 1 fully saturated rings. The number of hydrogen-bond donors (Lipinski definition) is 1. The van der Waals surface area contributed by atoms with Crippen LogP contribution in [-0.2, 0) is 6.42 Å². The molecule has 1 atom stereocenters. The third-order valence-corrected chi connectivity index (χ3v) is 4.52. The van der Waals surface area contributed by atoms with Gasteiger partial charge in [-0.3, -0.25) is 0 Å². The Labute approximate surface area is 114 Å². The third-order valence-electron chi connectivity index (χ3n) is 4.52. The molecule has 0 radical (unpaired) electrons. The molecule has 0 saturated heterocycles. The first-order chi connectivity index (χ1) is 9.28. The fraction of sp³-hybridized carbons (Fsp3) is 0.562. The Morgan fingerprint density at radius 3 is 3.00 bits per heavy atom. The second-order valence-electron chi connectivity index (χ2n) is 5.83. The van der Waals surface area contributed by atoms with Crippen LogP contribution in [0.3, 0.4) is 0 Å². The van der Waals surface area contributed by atoms with Crippen molar-refractivity contribution in [3.8, 4) is 11.8 Å². The van der Waals surface area contributed by atoms with Crippen molar-refractivity contribution in [3.63, 3.8) is 0 Å². The van der Waals surface area contributed by atoms with Crippen LogP contribution in [0.5, 0.6) is 5.75 Å². The van der Waals surface area contributed by atoms with E-state index < -0.39 is 0 Å². The smallest absolute Gasteiger partial charge is 0.122 e. The first-order valence-electron chi connectivity index (χ1n) is 7.07. The number of nitrogens with zero attached hydrogens (tertiary/aromatic N) is 1.